The van der Waals surface area contributed by atoms with E-state index < -0.39 is 5.97 Å². The van der Waals surface area contributed by atoms with Crippen molar-refractivity contribution in [1.82, 2.24) is 4.90 Å². The first kappa shape index (κ1) is 24.1. The van der Waals surface area contributed by atoms with Gasteiger partial charge in [-0.2, -0.15) is 0 Å². The summed E-state index contributed by atoms with van der Waals surface area (Å²) in [5.41, 5.74) is 2.07. The smallest absolute Gasteiger partial charge is 0.336 e. The van der Waals surface area contributed by atoms with Crippen molar-refractivity contribution in [3.63, 3.8) is 0 Å². The van der Waals surface area contributed by atoms with Gasteiger partial charge >= 0.3 is 5.97 Å². The average molecular weight is 566 g/mol. The lowest BCUT2D eigenvalue weighted by atomic mass is 10.1. The SMILES string of the molecule is CCOc1cc(/C=C2\SC(=Nc3cccc(C(=O)O)c3C)N(C)C2=O)cc(I)c1OCC. The van der Waals surface area contributed by atoms with Crippen LogP contribution in [0.4, 0.5) is 5.69 Å². The maximum Gasteiger partial charge on any atom is 0.336 e. The van der Waals surface area contributed by atoms with Gasteiger partial charge in [-0.05, 0) is 96.6 Å². The molecule has 0 radical (unpaired) electrons. The van der Waals surface area contributed by atoms with Crippen molar-refractivity contribution in [3.05, 3.63) is 55.5 Å². The number of aromatic carboxylic acids is 1. The predicted octanol–water partition coefficient (Wildman–Crippen LogP) is 5.33. The van der Waals surface area contributed by atoms with Crippen molar-refractivity contribution in [1.29, 1.82) is 0 Å². The van der Waals surface area contributed by atoms with Gasteiger partial charge in [0.2, 0.25) is 0 Å². The van der Waals surface area contributed by atoms with Gasteiger partial charge in [0.15, 0.2) is 16.7 Å². The van der Waals surface area contributed by atoms with Crippen molar-refractivity contribution in [2.75, 3.05) is 20.3 Å². The second kappa shape index (κ2) is 10.4. The molecular weight excluding hydrogens is 543 g/mol. The van der Waals surface area contributed by atoms with Gasteiger partial charge < -0.3 is 14.6 Å². The van der Waals surface area contributed by atoms with Gasteiger partial charge in [0.05, 0.1) is 32.9 Å². The summed E-state index contributed by atoms with van der Waals surface area (Å²) in [5, 5.41) is 9.82. The minimum absolute atomic E-state index is 0.178. The molecule has 0 saturated carbocycles. The summed E-state index contributed by atoms with van der Waals surface area (Å²) in [5.74, 6) is 0.133. The van der Waals surface area contributed by atoms with Gasteiger partial charge in [-0.1, -0.05) is 6.07 Å². The standard InChI is InChI=1S/C23H23IN2O5S/c1-5-30-18-11-14(10-16(24)20(18)31-6-2)12-19-21(27)26(4)23(32-19)25-17-9-7-8-15(13(17)3)22(28)29/h7-12H,5-6H2,1-4H3,(H,28,29)/b19-12-,25-23?. The van der Waals surface area contributed by atoms with Crippen LogP contribution in [0.5, 0.6) is 11.5 Å². The topological polar surface area (TPSA) is 88.4 Å². The van der Waals surface area contributed by atoms with Crippen LogP contribution in [0.3, 0.4) is 0 Å². The molecule has 2 aromatic rings. The van der Waals surface area contributed by atoms with Gasteiger partial charge in [-0.3, -0.25) is 9.69 Å². The molecule has 0 spiro atoms. The Bertz CT molecular complexity index is 1130. The molecule has 9 heteroatoms. The molecule has 1 aliphatic rings. The van der Waals surface area contributed by atoms with E-state index in [0.29, 0.717) is 46.0 Å². The molecule has 1 N–H and O–H groups in total. The fraction of sp³-hybridized carbons (Fsp3) is 0.261. The second-order valence-electron chi connectivity index (χ2n) is 6.82. The van der Waals surface area contributed by atoms with E-state index in [2.05, 4.69) is 27.6 Å². The number of aliphatic imine (C=N–C) groups is 1. The lowest BCUT2D eigenvalue weighted by Gasteiger charge is -2.13. The van der Waals surface area contributed by atoms with Crippen LogP contribution in [0.2, 0.25) is 0 Å². The Morgan fingerprint density at radius 3 is 2.62 bits per heavy atom. The maximum absolute atomic E-state index is 12.8. The lowest BCUT2D eigenvalue weighted by Crippen LogP contribution is -2.23. The first-order valence-electron chi connectivity index (χ1n) is 9.95. The number of nitrogens with zero attached hydrogens (tertiary/aromatic N) is 2. The molecule has 1 saturated heterocycles. The van der Waals surface area contributed by atoms with Crippen molar-refractivity contribution in [2.45, 2.75) is 20.8 Å². The van der Waals surface area contributed by atoms with Crippen LogP contribution in [0, 0.1) is 10.5 Å². The van der Waals surface area contributed by atoms with E-state index >= 15 is 0 Å². The zero-order valence-electron chi connectivity index (χ0n) is 18.1. The number of carbonyl (C=O) groups excluding carboxylic acids is 1. The number of hydrogen-bond acceptors (Lipinski definition) is 6. The predicted molar refractivity (Wildman–Crippen MR) is 135 cm³/mol. The normalized spacial score (nSPS) is 16.2. The van der Waals surface area contributed by atoms with E-state index in [1.165, 1.54) is 22.7 Å². The van der Waals surface area contributed by atoms with Crippen LogP contribution in [-0.2, 0) is 4.79 Å². The van der Waals surface area contributed by atoms with Crippen molar-refractivity contribution in [3.8, 4) is 11.5 Å². The number of carbonyl (C=O) groups is 2. The van der Waals surface area contributed by atoms with Gasteiger partial charge in [0, 0.05) is 7.05 Å². The fourth-order valence-corrected chi connectivity index (χ4v) is 4.86. The van der Waals surface area contributed by atoms with E-state index in [1.54, 1.807) is 32.2 Å². The zero-order chi connectivity index (χ0) is 23.4. The average Bonchev–Trinajstić information content (AvgIpc) is 3.00. The summed E-state index contributed by atoms with van der Waals surface area (Å²) in [6.07, 6.45) is 1.80. The van der Waals surface area contributed by atoms with Crippen molar-refractivity contribution < 1.29 is 24.2 Å². The summed E-state index contributed by atoms with van der Waals surface area (Å²) in [7, 11) is 1.65. The molecule has 0 atom stereocenters. The summed E-state index contributed by atoms with van der Waals surface area (Å²) < 4.78 is 12.3. The maximum atomic E-state index is 12.8. The second-order valence-corrected chi connectivity index (χ2v) is 8.99. The number of carboxylic acid groups (broad SMARTS) is 1. The third kappa shape index (κ3) is 5.09. The quantitative estimate of drug-likeness (QED) is 0.360. The summed E-state index contributed by atoms with van der Waals surface area (Å²) in [6.45, 7) is 6.55. The number of carboxylic acids is 1. The molecule has 0 bridgehead atoms. The molecule has 3 rings (SSSR count). The number of thioether (sulfide) groups is 1. The Kier molecular flexibility index (Phi) is 7.83. The number of ether oxygens (including phenoxy) is 2. The molecule has 1 aliphatic heterocycles. The first-order valence-corrected chi connectivity index (χ1v) is 11.8. The third-order valence-electron chi connectivity index (χ3n) is 4.67. The Hall–Kier alpha value is -2.53. The molecule has 7 nitrogen and oxygen atoms in total. The molecule has 1 fully saturated rings. The highest BCUT2D eigenvalue weighted by Crippen LogP contribution is 2.38. The largest absolute Gasteiger partial charge is 0.490 e. The Morgan fingerprint density at radius 1 is 1.25 bits per heavy atom. The van der Waals surface area contributed by atoms with Gasteiger partial charge in [0.25, 0.3) is 5.91 Å². The molecular formula is C23H23IN2O5S. The van der Waals surface area contributed by atoms with Gasteiger partial charge in [-0.15, -0.1) is 0 Å². The molecule has 0 aromatic heterocycles. The number of likely N-dealkylation sites (N-methyl/N-ethyl adjacent to an activating group) is 1. The minimum atomic E-state index is -1.01. The van der Waals surface area contributed by atoms with Crippen LogP contribution in [0.1, 0.15) is 35.3 Å². The van der Waals surface area contributed by atoms with E-state index in [1.807, 2.05) is 26.0 Å². The highest BCUT2D eigenvalue weighted by Gasteiger charge is 2.31. The summed E-state index contributed by atoms with van der Waals surface area (Å²) in [4.78, 5) is 30.8. The molecule has 0 unspecified atom stereocenters. The van der Waals surface area contributed by atoms with E-state index in [4.69, 9.17) is 9.47 Å². The third-order valence-corrected chi connectivity index (χ3v) is 6.53. The molecule has 168 valence electrons. The van der Waals surface area contributed by atoms with Crippen molar-refractivity contribution in [2.24, 2.45) is 4.99 Å². The van der Waals surface area contributed by atoms with Crippen LogP contribution >= 0.6 is 34.4 Å². The highest BCUT2D eigenvalue weighted by molar-refractivity contribution is 14.1. The molecule has 0 aliphatic carbocycles. The van der Waals surface area contributed by atoms with E-state index in [9.17, 15) is 14.7 Å². The van der Waals surface area contributed by atoms with Gasteiger partial charge in [0.1, 0.15) is 0 Å². The van der Waals surface area contributed by atoms with E-state index in [0.717, 1.165) is 9.13 Å². The number of amides is 1. The Balaban J connectivity index is 1.97. The molecule has 1 heterocycles. The summed E-state index contributed by atoms with van der Waals surface area (Å²) in [6, 6.07) is 8.70. The summed E-state index contributed by atoms with van der Waals surface area (Å²) >= 11 is 3.44. The molecule has 1 amide bonds. The molecule has 32 heavy (non-hydrogen) atoms. The van der Waals surface area contributed by atoms with Crippen LogP contribution < -0.4 is 9.47 Å². The van der Waals surface area contributed by atoms with Crippen LogP contribution in [-0.4, -0.2) is 47.3 Å². The van der Waals surface area contributed by atoms with Crippen LogP contribution in [0.25, 0.3) is 6.08 Å². The number of hydrogen-bond donors (Lipinski definition) is 1. The Morgan fingerprint density at radius 2 is 1.97 bits per heavy atom. The van der Waals surface area contributed by atoms with E-state index in [-0.39, 0.29) is 11.5 Å². The van der Waals surface area contributed by atoms with Crippen molar-refractivity contribution >= 4 is 63.2 Å². The first-order chi connectivity index (χ1) is 15.3. The highest BCUT2D eigenvalue weighted by atomic mass is 127. The number of benzene rings is 2. The zero-order valence-corrected chi connectivity index (χ0v) is 21.1. The minimum Gasteiger partial charge on any atom is -0.490 e. The number of rotatable bonds is 7. The number of amidine groups is 1. The Labute approximate surface area is 204 Å². The fourth-order valence-electron chi connectivity index (χ4n) is 3.10. The van der Waals surface area contributed by atoms with Crippen LogP contribution in [0.15, 0.2) is 40.2 Å². The number of halogens is 1. The molecule has 2 aromatic carbocycles. The lowest BCUT2D eigenvalue weighted by molar-refractivity contribution is -0.121. The van der Waals surface area contributed by atoms with Gasteiger partial charge in [-0.25, -0.2) is 9.79 Å². The monoisotopic (exact) mass is 566 g/mol.